The van der Waals surface area contributed by atoms with Gasteiger partial charge in [-0.2, -0.15) is 0 Å². The summed E-state index contributed by atoms with van der Waals surface area (Å²) >= 11 is 5.63. The topological polar surface area (TPSA) is 9.23 Å². The van der Waals surface area contributed by atoms with Crippen LogP contribution in [-0.4, -0.2) is 12.5 Å². The first-order chi connectivity index (χ1) is 8.67. The largest absolute Gasteiger partial charge is 0.492 e. The van der Waals surface area contributed by atoms with Gasteiger partial charge in [-0.15, -0.1) is 11.6 Å². The number of benzene rings is 1. The summed E-state index contributed by atoms with van der Waals surface area (Å²) in [5.74, 6) is 8.21. The fourth-order valence-electron chi connectivity index (χ4n) is 1.42. The van der Waals surface area contributed by atoms with E-state index in [1.165, 1.54) is 5.56 Å². The predicted molar refractivity (Wildman–Crippen MR) is 78.3 cm³/mol. The number of ether oxygens (including phenoxy) is 1. The zero-order valence-corrected chi connectivity index (χ0v) is 12.2. The Kier molecular flexibility index (Phi) is 6.68. The minimum absolute atomic E-state index is 0.565. The van der Waals surface area contributed by atoms with Crippen LogP contribution in [0, 0.1) is 24.7 Å². The monoisotopic (exact) mass is 264 g/mol. The number of aryl methyl sites for hydroxylation is 1. The highest BCUT2D eigenvalue weighted by Gasteiger charge is 2.04. The van der Waals surface area contributed by atoms with Gasteiger partial charge in [0.25, 0.3) is 0 Å². The van der Waals surface area contributed by atoms with Gasteiger partial charge in [-0.3, -0.25) is 0 Å². The van der Waals surface area contributed by atoms with Crippen LogP contribution in [0.3, 0.4) is 0 Å². The molecule has 0 bridgehead atoms. The third kappa shape index (κ3) is 5.02. The van der Waals surface area contributed by atoms with E-state index >= 15 is 0 Å². The minimum atomic E-state index is 0.565. The molecule has 1 unspecified atom stereocenters. The summed E-state index contributed by atoms with van der Waals surface area (Å²) in [6.07, 6.45) is 1.83. The van der Waals surface area contributed by atoms with Gasteiger partial charge in [0.1, 0.15) is 5.75 Å². The van der Waals surface area contributed by atoms with Crippen LogP contribution in [0.15, 0.2) is 18.2 Å². The SMILES string of the molecule is CCC(C)COc1ccc(C)cc1C#CCCCl. The molecule has 0 N–H and O–H groups in total. The molecule has 2 heteroatoms. The van der Waals surface area contributed by atoms with Gasteiger partial charge in [-0.05, 0) is 30.5 Å². The first-order valence-corrected chi connectivity index (χ1v) is 6.99. The lowest BCUT2D eigenvalue weighted by atomic mass is 10.1. The third-order valence-corrected chi connectivity index (χ3v) is 2.99. The van der Waals surface area contributed by atoms with E-state index in [0.29, 0.717) is 18.2 Å². The van der Waals surface area contributed by atoms with Crippen LogP contribution in [0.5, 0.6) is 5.75 Å². The highest BCUT2D eigenvalue weighted by molar-refractivity contribution is 6.18. The zero-order valence-electron chi connectivity index (χ0n) is 11.4. The second-order valence-electron chi connectivity index (χ2n) is 4.56. The van der Waals surface area contributed by atoms with Gasteiger partial charge in [0, 0.05) is 12.3 Å². The van der Waals surface area contributed by atoms with E-state index in [2.05, 4.69) is 44.7 Å². The normalized spacial score (nSPS) is 11.6. The summed E-state index contributed by atoms with van der Waals surface area (Å²) in [7, 11) is 0. The lowest BCUT2D eigenvalue weighted by Crippen LogP contribution is -2.08. The summed E-state index contributed by atoms with van der Waals surface area (Å²) in [4.78, 5) is 0. The molecule has 1 nitrogen and oxygen atoms in total. The average molecular weight is 265 g/mol. The van der Waals surface area contributed by atoms with Crippen molar-refractivity contribution in [1.82, 2.24) is 0 Å². The van der Waals surface area contributed by atoms with Gasteiger partial charge in [0.2, 0.25) is 0 Å². The molecule has 0 aliphatic carbocycles. The van der Waals surface area contributed by atoms with E-state index in [9.17, 15) is 0 Å². The quantitative estimate of drug-likeness (QED) is 0.566. The lowest BCUT2D eigenvalue weighted by molar-refractivity contribution is 0.256. The van der Waals surface area contributed by atoms with Crippen LogP contribution in [0.1, 0.15) is 37.8 Å². The first kappa shape index (κ1) is 14.9. The maximum absolute atomic E-state index is 5.84. The molecule has 1 rings (SSSR count). The predicted octanol–water partition coefficient (Wildman–Crippen LogP) is 4.40. The molecule has 0 saturated heterocycles. The molecule has 1 aromatic rings. The van der Waals surface area contributed by atoms with Crippen molar-refractivity contribution in [3.05, 3.63) is 29.3 Å². The molecule has 0 aliphatic rings. The van der Waals surface area contributed by atoms with Crippen LogP contribution >= 0.6 is 11.6 Å². The summed E-state index contributed by atoms with van der Waals surface area (Å²) < 4.78 is 5.84. The Labute approximate surface area is 115 Å². The van der Waals surface area contributed by atoms with Gasteiger partial charge in [0.05, 0.1) is 12.2 Å². The van der Waals surface area contributed by atoms with Crippen molar-refractivity contribution in [2.24, 2.45) is 5.92 Å². The average Bonchev–Trinajstić information content (AvgIpc) is 2.37. The third-order valence-electron chi connectivity index (χ3n) is 2.80. The molecule has 0 fully saturated rings. The van der Waals surface area contributed by atoms with E-state index in [1.807, 2.05) is 6.07 Å². The molecule has 0 aromatic heterocycles. The number of hydrogen-bond acceptors (Lipinski definition) is 1. The number of rotatable bonds is 5. The molecule has 0 saturated carbocycles. The Bertz CT molecular complexity index is 428. The lowest BCUT2D eigenvalue weighted by Gasteiger charge is -2.12. The van der Waals surface area contributed by atoms with Crippen LogP contribution in [0.2, 0.25) is 0 Å². The van der Waals surface area contributed by atoms with Crippen molar-refractivity contribution in [3.63, 3.8) is 0 Å². The van der Waals surface area contributed by atoms with Gasteiger partial charge >= 0.3 is 0 Å². The highest BCUT2D eigenvalue weighted by atomic mass is 35.5. The van der Waals surface area contributed by atoms with Crippen LogP contribution < -0.4 is 4.74 Å². The zero-order chi connectivity index (χ0) is 13.4. The van der Waals surface area contributed by atoms with Crippen molar-refractivity contribution in [2.75, 3.05) is 12.5 Å². The van der Waals surface area contributed by atoms with E-state index in [-0.39, 0.29) is 0 Å². The van der Waals surface area contributed by atoms with Crippen LogP contribution in [0.25, 0.3) is 0 Å². The Hall–Kier alpha value is -1.13. The molecule has 0 aliphatic heterocycles. The standard InChI is InChI=1S/C16H21ClO/c1-4-13(2)12-18-16-9-8-14(3)11-15(16)7-5-6-10-17/h8-9,11,13H,4,6,10,12H2,1-3H3. The van der Waals surface area contributed by atoms with Crippen LogP contribution in [-0.2, 0) is 0 Å². The van der Waals surface area contributed by atoms with Crippen molar-refractivity contribution < 1.29 is 4.74 Å². The van der Waals surface area contributed by atoms with E-state index in [1.54, 1.807) is 0 Å². The molecule has 1 aromatic carbocycles. The number of hydrogen-bond donors (Lipinski definition) is 0. The molecule has 0 amide bonds. The molecular formula is C16H21ClO. The molecule has 0 radical (unpaired) electrons. The molecular weight excluding hydrogens is 244 g/mol. The van der Waals surface area contributed by atoms with E-state index in [0.717, 1.165) is 24.3 Å². The summed E-state index contributed by atoms with van der Waals surface area (Å²) in [5, 5.41) is 0. The fourth-order valence-corrected chi connectivity index (χ4v) is 1.52. The molecule has 0 heterocycles. The Balaban J connectivity index is 2.80. The van der Waals surface area contributed by atoms with Gasteiger partial charge in [-0.25, -0.2) is 0 Å². The Morgan fingerprint density at radius 3 is 2.83 bits per heavy atom. The van der Waals surface area contributed by atoms with Crippen molar-refractivity contribution in [2.45, 2.75) is 33.6 Å². The second-order valence-corrected chi connectivity index (χ2v) is 4.94. The van der Waals surface area contributed by atoms with Crippen molar-refractivity contribution >= 4 is 11.6 Å². The van der Waals surface area contributed by atoms with Crippen LogP contribution in [0.4, 0.5) is 0 Å². The van der Waals surface area contributed by atoms with Gasteiger partial charge < -0.3 is 4.74 Å². The summed E-state index contributed by atoms with van der Waals surface area (Å²) in [5.41, 5.74) is 2.16. The van der Waals surface area contributed by atoms with Crippen molar-refractivity contribution in [3.8, 4) is 17.6 Å². The van der Waals surface area contributed by atoms with E-state index in [4.69, 9.17) is 16.3 Å². The summed E-state index contributed by atoms with van der Waals surface area (Å²) in [6.45, 7) is 7.16. The number of alkyl halides is 1. The first-order valence-electron chi connectivity index (χ1n) is 6.45. The highest BCUT2D eigenvalue weighted by Crippen LogP contribution is 2.20. The van der Waals surface area contributed by atoms with E-state index < -0.39 is 0 Å². The smallest absolute Gasteiger partial charge is 0.134 e. The second kappa shape index (κ2) is 8.06. The molecule has 98 valence electrons. The minimum Gasteiger partial charge on any atom is -0.492 e. The summed E-state index contributed by atoms with van der Waals surface area (Å²) in [6, 6.07) is 6.12. The maximum Gasteiger partial charge on any atom is 0.134 e. The maximum atomic E-state index is 5.84. The Morgan fingerprint density at radius 2 is 2.17 bits per heavy atom. The van der Waals surface area contributed by atoms with Gasteiger partial charge in [0.15, 0.2) is 0 Å². The molecule has 0 spiro atoms. The molecule has 1 atom stereocenters. The molecule has 18 heavy (non-hydrogen) atoms. The Morgan fingerprint density at radius 1 is 1.39 bits per heavy atom. The number of halogens is 1. The fraction of sp³-hybridized carbons (Fsp3) is 0.500. The van der Waals surface area contributed by atoms with Crippen molar-refractivity contribution in [1.29, 1.82) is 0 Å². The van der Waals surface area contributed by atoms with Gasteiger partial charge in [-0.1, -0.05) is 38.2 Å².